The second kappa shape index (κ2) is 7.25. The van der Waals surface area contributed by atoms with Gasteiger partial charge in [0, 0.05) is 11.9 Å². The molecule has 0 saturated carbocycles. The number of rotatable bonds is 3. The van der Waals surface area contributed by atoms with Crippen LogP contribution in [0.4, 0.5) is 9.18 Å². The molecule has 1 N–H and O–H groups in total. The number of thiazole rings is 1. The molecule has 8 heteroatoms. The minimum Gasteiger partial charge on any atom is -0.370 e. The zero-order chi connectivity index (χ0) is 16.2. The smallest absolute Gasteiger partial charge is 0.317 e. The average Bonchev–Trinajstić information content (AvgIpc) is 3.09. The minimum absolute atomic E-state index is 0.0520. The van der Waals surface area contributed by atoms with Crippen molar-refractivity contribution < 1.29 is 13.9 Å². The molecule has 1 aromatic carbocycles. The van der Waals surface area contributed by atoms with Gasteiger partial charge in [-0.05, 0) is 17.7 Å². The monoisotopic (exact) mass is 355 g/mol. The Hall–Kier alpha value is -1.70. The van der Waals surface area contributed by atoms with Gasteiger partial charge in [0.2, 0.25) is 0 Å². The van der Waals surface area contributed by atoms with Gasteiger partial charge in [-0.25, -0.2) is 14.2 Å². The molecule has 1 aliphatic rings. The lowest BCUT2D eigenvalue weighted by Gasteiger charge is -2.33. The highest BCUT2D eigenvalue weighted by molar-refractivity contribution is 7.07. The summed E-state index contributed by atoms with van der Waals surface area (Å²) in [6.07, 6.45) is -0.313. The van der Waals surface area contributed by atoms with Gasteiger partial charge in [-0.3, -0.25) is 0 Å². The highest BCUT2D eigenvalue weighted by Crippen LogP contribution is 2.26. The summed E-state index contributed by atoms with van der Waals surface area (Å²) in [6, 6.07) is 4.31. The zero-order valence-electron chi connectivity index (χ0n) is 12.2. The number of urea groups is 1. The van der Waals surface area contributed by atoms with Crippen molar-refractivity contribution >= 4 is 29.0 Å². The normalized spacial score (nSPS) is 18.0. The Morgan fingerprint density at radius 2 is 2.43 bits per heavy atom. The van der Waals surface area contributed by atoms with E-state index in [9.17, 15) is 9.18 Å². The largest absolute Gasteiger partial charge is 0.370 e. The average molecular weight is 356 g/mol. The molecule has 1 atom stereocenters. The number of halogens is 2. The summed E-state index contributed by atoms with van der Waals surface area (Å²) in [4.78, 5) is 18.0. The van der Waals surface area contributed by atoms with Crippen LogP contribution in [0.15, 0.2) is 29.1 Å². The maximum absolute atomic E-state index is 13.3. The van der Waals surface area contributed by atoms with Crippen LogP contribution >= 0.6 is 22.9 Å². The number of aromatic nitrogens is 1. The van der Waals surface area contributed by atoms with Crippen molar-refractivity contribution in [2.45, 2.75) is 12.6 Å². The Morgan fingerprint density at radius 3 is 3.17 bits per heavy atom. The van der Waals surface area contributed by atoms with E-state index >= 15 is 0 Å². The van der Waals surface area contributed by atoms with E-state index in [1.165, 1.54) is 23.5 Å². The van der Waals surface area contributed by atoms with Gasteiger partial charge in [-0.1, -0.05) is 17.7 Å². The van der Waals surface area contributed by atoms with Gasteiger partial charge >= 0.3 is 6.03 Å². The fraction of sp³-hybridized carbons (Fsp3) is 0.333. The molecule has 122 valence electrons. The number of carbonyl (C=O) groups is 1. The molecule has 1 unspecified atom stereocenters. The summed E-state index contributed by atoms with van der Waals surface area (Å²) < 4.78 is 18.9. The number of ether oxygens (including phenoxy) is 1. The van der Waals surface area contributed by atoms with E-state index in [2.05, 4.69) is 10.3 Å². The van der Waals surface area contributed by atoms with E-state index in [1.54, 1.807) is 16.5 Å². The van der Waals surface area contributed by atoms with Gasteiger partial charge in [0.05, 0.1) is 35.9 Å². The number of nitrogens with one attached hydrogen (secondary N) is 1. The van der Waals surface area contributed by atoms with E-state index in [0.29, 0.717) is 26.2 Å². The second-order valence-corrected chi connectivity index (χ2v) is 6.24. The Kier molecular flexibility index (Phi) is 5.09. The first kappa shape index (κ1) is 16.2. The molecule has 3 rings (SSSR count). The van der Waals surface area contributed by atoms with Gasteiger partial charge in [0.1, 0.15) is 11.9 Å². The predicted molar refractivity (Wildman–Crippen MR) is 86.0 cm³/mol. The molecule has 0 aliphatic carbocycles. The number of nitrogens with zero attached hydrogens (tertiary/aromatic N) is 2. The summed E-state index contributed by atoms with van der Waals surface area (Å²) in [5.41, 5.74) is 3.32. The van der Waals surface area contributed by atoms with Gasteiger partial charge in [-0.2, -0.15) is 0 Å². The minimum atomic E-state index is -0.468. The SMILES string of the molecule is O=C(NCc1cscn1)N1CCOC(c2ccc(F)c(Cl)c2)C1. The summed E-state index contributed by atoms with van der Waals surface area (Å²) in [7, 11) is 0. The van der Waals surface area contributed by atoms with Crippen LogP contribution in [-0.4, -0.2) is 35.6 Å². The van der Waals surface area contributed by atoms with Crippen molar-refractivity contribution in [1.82, 2.24) is 15.2 Å². The van der Waals surface area contributed by atoms with Gasteiger partial charge in [0.25, 0.3) is 0 Å². The molecule has 1 fully saturated rings. The third kappa shape index (κ3) is 3.99. The van der Waals surface area contributed by atoms with Crippen molar-refractivity contribution in [3.63, 3.8) is 0 Å². The van der Waals surface area contributed by atoms with Crippen LogP contribution in [0.3, 0.4) is 0 Å². The molecule has 1 saturated heterocycles. The van der Waals surface area contributed by atoms with E-state index in [1.807, 2.05) is 5.38 Å². The highest BCUT2D eigenvalue weighted by atomic mass is 35.5. The lowest BCUT2D eigenvalue weighted by molar-refractivity contribution is -0.0155. The maximum atomic E-state index is 13.3. The number of amides is 2. The summed E-state index contributed by atoms with van der Waals surface area (Å²) in [6.45, 7) is 1.72. The van der Waals surface area contributed by atoms with E-state index in [0.717, 1.165) is 11.3 Å². The van der Waals surface area contributed by atoms with Crippen LogP contribution in [0.1, 0.15) is 17.4 Å². The van der Waals surface area contributed by atoms with Crippen molar-refractivity contribution in [2.24, 2.45) is 0 Å². The van der Waals surface area contributed by atoms with E-state index in [-0.39, 0.29) is 17.2 Å². The lowest BCUT2D eigenvalue weighted by atomic mass is 10.1. The predicted octanol–water partition coefficient (Wildman–Crippen LogP) is 3.22. The number of morpholine rings is 1. The molecule has 0 spiro atoms. The first-order valence-corrected chi connectivity index (χ1v) is 8.42. The van der Waals surface area contributed by atoms with Crippen molar-refractivity contribution in [2.75, 3.05) is 19.7 Å². The Morgan fingerprint density at radius 1 is 1.57 bits per heavy atom. The molecule has 0 radical (unpaired) electrons. The van der Waals surface area contributed by atoms with Gasteiger partial charge in [0.15, 0.2) is 0 Å². The molecule has 2 aromatic rings. The van der Waals surface area contributed by atoms with Crippen LogP contribution in [0.25, 0.3) is 0 Å². The molecule has 0 bridgehead atoms. The number of hydrogen-bond donors (Lipinski definition) is 1. The Labute approximate surface area is 142 Å². The zero-order valence-corrected chi connectivity index (χ0v) is 13.7. The molecule has 2 amide bonds. The number of benzene rings is 1. The molecular weight excluding hydrogens is 341 g/mol. The first-order valence-electron chi connectivity index (χ1n) is 7.10. The Bertz CT molecular complexity index is 683. The number of carbonyl (C=O) groups excluding carboxylic acids is 1. The molecule has 1 aliphatic heterocycles. The Balaban J connectivity index is 1.60. The van der Waals surface area contributed by atoms with Crippen LogP contribution < -0.4 is 5.32 Å². The summed E-state index contributed by atoms with van der Waals surface area (Å²) in [5, 5.41) is 4.78. The van der Waals surface area contributed by atoms with Crippen LogP contribution in [0.2, 0.25) is 5.02 Å². The van der Waals surface area contributed by atoms with Crippen LogP contribution in [0, 0.1) is 5.82 Å². The third-order valence-electron chi connectivity index (χ3n) is 3.57. The summed E-state index contributed by atoms with van der Waals surface area (Å²) >= 11 is 7.30. The lowest BCUT2D eigenvalue weighted by Crippen LogP contribution is -2.47. The molecular formula is C15H15ClFN3O2S. The van der Waals surface area contributed by atoms with E-state index < -0.39 is 5.82 Å². The van der Waals surface area contributed by atoms with E-state index in [4.69, 9.17) is 16.3 Å². The second-order valence-electron chi connectivity index (χ2n) is 5.12. The third-order valence-corrected chi connectivity index (χ3v) is 4.50. The number of hydrogen-bond acceptors (Lipinski definition) is 4. The van der Waals surface area contributed by atoms with Crippen molar-refractivity contribution in [3.8, 4) is 0 Å². The topological polar surface area (TPSA) is 54.5 Å². The van der Waals surface area contributed by atoms with Crippen LogP contribution in [-0.2, 0) is 11.3 Å². The fourth-order valence-electron chi connectivity index (χ4n) is 2.35. The molecule has 23 heavy (non-hydrogen) atoms. The molecule has 2 heterocycles. The van der Waals surface area contributed by atoms with Crippen LogP contribution in [0.5, 0.6) is 0 Å². The van der Waals surface area contributed by atoms with Gasteiger partial charge < -0.3 is 15.0 Å². The standard InChI is InChI=1S/C15H15ClFN3O2S/c16-12-5-10(1-2-13(12)17)14-7-20(3-4-22-14)15(21)18-6-11-8-23-9-19-11/h1-2,5,8-9,14H,3-4,6-7H2,(H,18,21). The molecule has 1 aromatic heterocycles. The van der Waals surface area contributed by atoms with Crippen molar-refractivity contribution in [1.29, 1.82) is 0 Å². The summed E-state index contributed by atoms with van der Waals surface area (Å²) in [5.74, 6) is -0.468. The fourth-order valence-corrected chi connectivity index (χ4v) is 3.10. The quantitative estimate of drug-likeness (QED) is 0.919. The maximum Gasteiger partial charge on any atom is 0.317 e. The molecule has 5 nitrogen and oxygen atoms in total. The highest BCUT2D eigenvalue weighted by Gasteiger charge is 2.25. The van der Waals surface area contributed by atoms with Gasteiger partial charge in [-0.15, -0.1) is 11.3 Å². The first-order chi connectivity index (χ1) is 11.1. The van der Waals surface area contributed by atoms with Crippen molar-refractivity contribution in [3.05, 3.63) is 51.2 Å².